The maximum absolute atomic E-state index is 12.2. The number of nitrogen functional groups attached to an aromatic ring is 1. The zero-order valence-electron chi connectivity index (χ0n) is 10.4. The van der Waals surface area contributed by atoms with Gasteiger partial charge in [0.25, 0.3) is 10.0 Å². The molecule has 0 atom stereocenters. The first-order valence-electron chi connectivity index (χ1n) is 5.50. The van der Waals surface area contributed by atoms with Gasteiger partial charge in [0.05, 0.1) is 10.7 Å². The van der Waals surface area contributed by atoms with Crippen molar-refractivity contribution < 1.29 is 8.42 Å². The highest BCUT2D eigenvalue weighted by atomic mass is 35.5. The van der Waals surface area contributed by atoms with E-state index in [9.17, 15) is 8.42 Å². The average molecular weight is 332 g/mol. The molecule has 8 heteroatoms. The Bertz CT molecular complexity index is 763. The second kappa shape index (κ2) is 5.47. The van der Waals surface area contributed by atoms with E-state index in [2.05, 4.69) is 9.71 Å². The Morgan fingerprint density at radius 1 is 1.25 bits per heavy atom. The van der Waals surface area contributed by atoms with Crippen LogP contribution < -0.4 is 10.5 Å². The number of aromatic nitrogens is 1. The van der Waals surface area contributed by atoms with Crippen LogP contribution in [0.15, 0.2) is 35.4 Å². The summed E-state index contributed by atoms with van der Waals surface area (Å²) in [5.74, 6) is -0.0886. The topological polar surface area (TPSA) is 85.1 Å². The van der Waals surface area contributed by atoms with Crippen molar-refractivity contribution >= 4 is 44.7 Å². The van der Waals surface area contributed by atoms with Crippen molar-refractivity contribution in [3.8, 4) is 0 Å². The van der Waals surface area contributed by atoms with Crippen LogP contribution in [0.5, 0.6) is 0 Å². The fourth-order valence-electron chi connectivity index (χ4n) is 1.55. The third-order valence-electron chi connectivity index (χ3n) is 2.58. The van der Waals surface area contributed by atoms with Crippen LogP contribution in [-0.2, 0) is 10.0 Å². The molecule has 5 nitrogen and oxygen atoms in total. The first kappa shape index (κ1) is 14.9. The van der Waals surface area contributed by atoms with Crippen LogP contribution in [-0.4, -0.2) is 13.4 Å². The number of aryl methyl sites for hydroxylation is 1. The highest BCUT2D eigenvalue weighted by Gasteiger charge is 2.19. The van der Waals surface area contributed by atoms with E-state index in [1.807, 2.05) is 0 Å². The summed E-state index contributed by atoms with van der Waals surface area (Å²) in [4.78, 5) is 3.62. The van der Waals surface area contributed by atoms with Crippen LogP contribution in [0.1, 0.15) is 5.56 Å². The number of hydrogen-bond donors (Lipinski definition) is 2. The summed E-state index contributed by atoms with van der Waals surface area (Å²) >= 11 is 12.0. The van der Waals surface area contributed by atoms with Crippen molar-refractivity contribution in [2.45, 2.75) is 11.8 Å². The van der Waals surface area contributed by atoms with Crippen molar-refractivity contribution in [1.29, 1.82) is 0 Å². The number of nitrogens with zero attached hydrogens (tertiary/aromatic N) is 1. The molecule has 3 N–H and O–H groups in total. The number of hydrogen-bond acceptors (Lipinski definition) is 4. The molecule has 1 heterocycles. The lowest BCUT2D eigenvalue weighted by Gasteiger charge is -2.12. The molecular weight excluding hydrogens is 321 g/mol. The fourth-order valence-corrected chi connectivity index (χ4v) is 3.19. The molecule has 0 amide bonds. The zero-order valence-corrected chi connectivity index (χ0v) is 12.7. The Morgan fingerprint density at radius 3 is 2.60 bits per heavy atom. The van der Waals surface area contributed by atoms with Gasteiger partial charge in [-0.25, -0.2) is 13.4 Å². The molecular formula is C12H11Cl2N3O2S. The molecule has 1 aromatic carbocycles. The van der Waals surface area contributed by atoms with Gasteiger partial charge in [0.1, 0.15) is 10.7 Å². The van der Waals surface area contributed by atoms with Gasteiger partial charge in [-0.3, -0.25) is 4.72 Å². The number of nitrogens with two attached hydrogens (primary N) is 1. The molecule has 0 spiro atoms. The molecule has 0 unspecified atom stereocenters. The van der Waals surface area contributed by atoms with Gasteiger partial charge in [-0.1, -0.05) is 23.2 Å². The van der Waals surface area contributed by atoms with Gasteiger partial charge in [0.2, 0.25) is 0 Å². The van der Waals surface area contributed by atoms with E-state index in [0.29, 0.717) is 5.02 Å². The molecule has 106 valence electrons. The molecule has 0 saturated carbocycles. The molecule has 1 aromatic heterocycles. The van der Waals surface area contributed by atoms with Crippen molar-refractivity contribution in [3.63, 3.8) is 0 Å². The summed E-state index contributed by atoms with van der Waals surface area (Å²) in [5, 5.41) is 0.657. The molecule has 0 aliphatic carbocycles. The third kappa shape index (κ3) is 2.98. The van der Waals surface area contributed by atoms with Gasteiger partial charge in [-0.15, -0.1) is 0 Å². The van der Waals surface area contributed by atoms with E-state index < -0.39 is 10.0 Å². The fraction of sp³-hybridized carbons (Fsp3) is 0.0833. The minimum absolute atomic E-state index is 0.0886. The lowest BCUT2D eigenvalue weighted by Crippen LogP contribution is -2.15. The van der Waals surface area contributed by atoms with E-state index in [1.54, 1.807) is 13.0 Å². The van der Waals surface area contributed by atoms with Crippen molar-refractivity contribution in [1.82, 2.24) is 4.98 Å². The third-order valence-corrected chi connectivity index (χ3v) is 4.71. The van der Waals surface area contributed by atoms with E-state index in [-0.39, 0.29) is 21.4 Å². The Balaban J connectivity index is 2.44. The van der Waals surface area contributed by atoms with Crippen LogP contribution in [0.25, 0.3) is 0 Å². The monoisotopic (exact) mass is 331 g/mol. The van der Waals surface area contributed by atoms with E-state index >= 15 is 0 Å². The number of rotatable bonds is 3. The maximum atomic E-state index is 12.2. The Kier molecular flexibility index (Phi) is 4.08. The predicted octanol–water partition coefficient (Wildman–Crippen LogP) is 3.08. The normalized spacial score (nSPS) is 11.3. The molecule has 0 aliphatic rings. The molecule has 20 heavy (non-hydrogen) atoms. The Labute approximate surface area is 126 Å². The van der Waals surface area contributed by atoms with E-state index in [1.165, 1.54) is 24.4 Å². The SMILES string of the molecule is Cc1cc(Cl)c(NS(=O)(=O)c2cccnc2N)cc1Cl. The maximum Gasteiger partial charge on any atom is 0.265 e. The van der Waals surface area contributed by atoms with E-state index in [4.69, 9.17) is 28.9 Å². The summed E-state index contributed by atoms with van der Waals surface area (Å²) in [7, 11) is -3.88. The van der Waals surface area contributed by atoms with Gasteiger partial charge in [-0.2, -0.15) is 0 Å². The first-order valence-corrected chi connectivity index (χ1v) is 7.74. The smallest absolute Gasteiger partial charge is 0.265 e. The lowest BCUT2D eigenvalue weighted by molar-refractivity contribution is 0.601. The largest absolute Gasteiger partial charge is 0.383 e. The van der Waals surface area contributed by atoms with Crippen molar-refractivity contribution in [3.05, 3.63) is 46.1 Å². The quantitative estimate of drug-likeness (QED) is 0.904. The number of anilines is 2. The average Bonchev–Trinajstić information content (AvgIpc) is 2.36. The molecule has 2 rings (SSSR count). The summed E-state index contributed by atoms with van der Waals surface area (Å²) < 4.78 is 26.8. The first-order chi connectivity index (χ1) is 9.31. The van der Waals surface area contributed by atoms with Gasteiger partial charge in [0.15, 0.2) is 0 Å². The zero-order chi connectivity index (χ0) is 14.9. The minimum atomic E-state index is -3.88. The molecule has 2 aromatic rings. The summed E-state index contributed by atoms with van der Waals surface area (Å²) in [6.45, 7) is 1.77. The molecule has 0 radical (unpaired) electrons. The van der Waals surface area contributed by atoms with Crippen molar-refractivity contribution in [2.75, 3.05) is 10.5 Å². The van der Waals surface area contributed by atoms with Gasteiger partial charge in [0, 0.05) is 11.2 Å². The highest BCUT2D eigenvalue weighted by molar-refractivity contribution is 7.92. The summed E-state index contributed by atoms with van der Waals surface area (Å²) in [5.41, 5.74) is 6.50. The number of benzene rings is 1. The van der Waals surface area contributed by atoms with Gasteiger partial charge >= 0.3 is 0 Å². The minimum Gasteiger partial charge on any atom is -0.383 e. The number of sulfonamides is 1. The molecule has 0 fully saturated rings. The summed E-state index contributed by atoms with van der Waals surface area (Å²) in [6.07, 6.45) is 1.41. The van der Waals surface area contributed by atoms with Crippen molar-refractivity contribution in [2.24, 2.45) is 0 Å². The number of nitrogens with one attached hydrogen (secondary N) is 1. The van der Waals surface area contributed by atoms with Gasteiger partial charge in [-0.05, 0) is 36.8 Å². The van der Waals surface area contributed by atoms with Crippen LogP contribution in [0.4, 0.5) is 11.5 Å². The Morgan fingerprint density at radius 2 is 1.95 bits per heavy atom. The second-order valence-corrected chi connectivity index (χ2v) is 6.54. The van der Waals surface area contributed by atoms with Crippen LogP contribution in [0, 0.1) is 6.92 Å². The van der Waals surface area contributed by atoms with E-state index in [0.717, 1.165) is 5.56 Å². The highest BCUT2D eigenvalue weighted by Crippen LogP contribution is 2.31. The number of halogens is 2. The molecule has 0 saturated heterocycles. The Hall–Kier alpha value is -1.50. The standard InChI is InChI=1S/C12H11Cl2N3O2S/c1-7-5-9(14)10(6-8(7)13)17-20(18,19)11-3-2-4-16-12(11)15/h2-6,17H,1H3,(H2,15,16). The second-order valence-electron chi connectivity index (χ2n) is 4.07. The van der Waals surface area contributed by atoms with Crippen LogP contribution in [0.2, 0.25) is 10.0 Å². The van der Waals surface area contributed by atoms with Crippen LogP contribution >= 0.6 is 23.2 Å². The number of pyridine rings is 1. The summed E-state index contributed by atoms with van der Waals surface area (Å²) in [6, 6.07) is 5.86. The van der Waals surface area contributed by atoms with Crippen LogP contribution in [0.3, 0.4) is 0 Å². The predicted molar refractivity (Wildman–Crippen MR) is 80.7 cm³/mol. The lowest BCUT2D eigenvalue weighted by atomic mass is 10.2. The molecule has 0 bridgehead atoms. The molecule has 0 aliphatic heterocycles. The van der Waals surface area contributed by atoms with Gasteiger partial charge < -0.3 is 5.73 Å².